The van der Waals surface area contributed by atoms with Gasteiger partial charge in [-0.15, -0.1) is 10.2 Å². The second kappa shape index (κ2) is 8.87. The van der Waals surface area contributed by atoms with Gasteiger partial charge in [-0.1, -0.05) is 11.8 Å². The van der Waals surface area contributed by atoms with E-state index in [1.54, 1.807) is 23.9 Å². The lowest BCUT2D eigenvalue weighted by Crippen LogP contribution is -2.16. The number of aromatic nitrogens is 5. The Morgan fingerprint density at radius 3 is 2.82 bits per heavy atom. The zero-order valence-corrected chi connectivity index (χ0v) is 16.7. The van der Waals surface area contributed by atoms with Crippen LogP contribution in [0.3, 0.4) is 0 Å². The third kappa shape index (κ3) is 4.62. The van der Waals surface area contributed by atoms with E-state index in [-0.39, 0.29) is 11.9 Å². The van der Waals surface area contributed by atoms with Crippen LogP contribution in [0.4, 0.5) is 4.39 Å². The Morgan fingerprint density at radius 2 is 2.11 bits per heavy atom. The first-order valence-electron chi connectivity index (χ1n) is 9.60. The fourth-order valence-electron chi connectivity index (χ4n) is 3.41. The maximum absolute atomic E-state index is 13.3. The van der Waals surface area contributed by atoms with Gasteiger partial charge in [0.2, 0.25) is 0 Å². The summed E-state index contributed by atoms with van der Waals surface area (Å²) in [6.45, 7) is 1.54. The average molecular weight is 402 g/mol. The molecule has 3 aromatic rings. The van der Waals surface area contributed by atoms with E-state index in [4.69, 9.17) is 4.74 Å². The summed E-state index contributed by atoms with van der Waals surface area (Å²) in [6, 6.07) is 6.42. The van der Waals surface area contributed by atoms with Gasteiger partial charge in [0.15, 0.2) is 11.0 Å². The third-order valence-electron chi connectivity index (χ3n) is 4.83. The largest absolute Gasteiger partial charge is 0.376 e. The van der Waals surface area contributed by atoms with Crippen molar-refractivity contribution in [1.29, 1.82) is 0 Å². The minimum absolute atomic E-state index is 0.185. The molecule has 0 radical (unpaired) electrons. The summed E-state index contributed by atoms with van der Waals surface area (Å²) in [5, 5.41) is 13.9. The molecule has 148 valence electrons. The van der Waals surface area contributed by atoms with Gasteiger partial charge < -0.3 is 4.74 Å². The Kier molecular flexibility index (Phi) is 6.07. The summed E-state index contributed by atoms with van der Waals surface area (Å²) in [5.41, 5.74) is 2.12. The number of benzene rings is 1. The molecule has 0 bridgehead atoms. The van der Waals surface area contributed by atoms with Crippen molar-refractivity contribution in [2.75, 3.05) is 12.4 Å². The Hall–Kier alpha value is -2.19. The SMILES string of the molecule is Cn1cc(CCCSc2nnc(-c3ccc(F)cc3)n2CC2CCCO2)cn1. The Bertz CT molecular complexity index is 902. The van der Waals surface area contributed by atoms with Crippen molar-refractivity contribution in [3.05, 3.63) is 48.0 Å². The van der Waals surface area contributed by atoms with Gasteiger partial charge in [0, 0.05) is 31.2 Å². The second-order valence-corrected chi connectivity index (χ2v) is 8.10. The molecule has 4 rings (SSSR count). The van der Waals surface area contributed by atoms with Gasteiger partial charge in [-0.2, -0.15) is 5.10 Å². The number of rotatable bonds is 8. The molecule has 1 aliphatic rings. The smallest absolute Gasteiger partial charge is 0.191 e. The molecule has 0 spiro atoms. The molecule has 0 amide bonds. The van der Waals surface area contributed by atoms with Crippen molar-refractivity contribution < 1.29 is 9.13 Å². The lowest BCUT2D eigenvalue weighted by Gasteiger charge is -2.14. The van der Waals surface area contributed by atoms with E-state index in [0.29, 0.717) is 0 Å². The molecule has 1 saturated heterocycles. The Morgan fingerprint density at radius 1 is 1.25 bits per heavy atom. The maximum atomic E-state index is 13.3. The van der Waals surface area contributed by atoms with Crippen LogP contribution in [0.15, 0.2) is 41.8 Å². The van der Waals surface area contributed by atoms with Crippen molar-refractivity contribution in [2.45, 2.75) is 43.5 Å². The van der Waals surface area contributed by atoms with Crippen LogP contribution >= 0.6 is 11.8 Å². The van der Waals surface area contributed by atoms with E-state index in [0.717, 1.165) is 61.1 Å². The number of halogens is 1. The normalized spacial score (nSPS) is 16.7. The molecule has 8 heteroatoms. The molecule has 0 N–H and O–H groups in total. The van der Waals surface area contributed by atoms with Gasteiger partial charge in [-0.25, -0.2) is 4.39 Å². The molecule has 1 atom stereocenters. The fourth-order valence-corrected chi connectivity index (χ4v) is 4.29. The molecule has 1 fully saturated rings. The quantitative estimate of drug-likeness (QED) is 0.425. The van der Waals surface area contributed by atoms with Crippen LogP contribution < -0.4 is 0 Å². The highest BCUT2D eigenvalue weighted by Gasteiger charge is 2.21. The summed E-state index contributed by atoms with van der Waals surface area (Å²) >= 11 is 1.71. The minimum atomic E-state index is -0.251. The molecule has 1 aromatic carbocycles. The summed E-state index contributed by atoms with van der Waals surface area (Å²) in [7, 11) is 1.93. The predicted molar refractivity (Wildman–Crippen MR) is 107 cm³/mol. The second-order valence-electron chi connectivity index (χ2n) is 7.03. The van der Waals surface area contributed by atoms with Crippen LogP contribution in [-0.4, -0.2) is 43.0 Å². The van der Waals surface area contributed by atoms with E-state index >= 15 is 0 Å². The van der Waals surface area contributed by atoms with Gasteiger partial charge in [-0.05, 0) is 55.5 Å². The lowest BCUT2D eigenvalue weighted by atomic mass is 10.2. The molecule has 1 aliphatic heterocycles. The highest BCUT2D eigenvalue weighted by atomic mass is 32.2. The first-order valence-corrected chi connectivity index (χ1v) is 10.6. The highest BCUT2D eigenvalue weighted by molar-refractivity contribution is 7.99. The Labute approximate surface area is 168 Å². The van der Waals surface area contributed by atoms with Gasteiger partial charge in [-0.3, -0.25) is 9.25 Å². The lowest BCUT2D eigenvalue weighted by molar-refractivity contribution is 0.0953. The van der Waals surface area contributed by atoms with Crippen LogP contribution in [0.1, 0.15) is 24.8 Å². The third-order valence-corrected chi connectivity index (χ3v) is 5.88. The van der Waals surface area contributed by atoms with Gasteiger partial charge >= 0.3 is 0 Å². The van der Waals surface area contributed by atoms with Gasteiger partial charge in [0.05, 0.1) is 18.8 Å². The molecule has 0 aliphatic carbocycles. The number of aryl methyl sites for hydroxylation is 2. The van der Waals surface area contributed by atoms with Crippen molar-refractivity contribution in [2.24, 2.45) is 7.05 Å². The fraction of sp³-hybridized carbons (Fsp3) is 0.450. The topological polar surface area (TPSA) is 57.8 Å². The van der Waals surface area contributed by atoms with Crippen LogP contribution in [0.5, 0.6) is 0 Å². The van der Waals surface area contributed by atoms with E-state index < -0.39 is 0 Å². The van der Waals surface area contributed by atoms with E-state index in [2.05, 4.69) is 26.1 Å². The molecular weight excluding hydrogens is 377 g/mol. The maximum Gasteiger partial charge on any atom is 0.191 e. The molecule has 1 unspecified atom stereocenters. The molecule has 2 aromatic heterocycles. The van der Waals surface area contributed by atoms with Gasteiger partial charge in [0.1, 0.15) is 5.82 Å². The zero-order valence-electron chi connectivity index (χ0n) is 15.9. The average Bonchev–Trinajstić information content (AvgIpc) is 3.43. The molecule has 6 nitrogen and oxygen atoms in total. The summed E-state index contributed by atoms with van der Waals surface area (Å²) < 4.78 is 23.1. The van der Waals surface area contributed by atoms with Crippen LogP contribution in [0, 0.1) is 5.82 Å². The van der Waals surface area contributed by atoms with E-state index in [9.17, 15) is 4.39 Å². The summed E-state index contributed by atoms with van der Waals surface area (Å²) in [6.07, 6.45) is 8.32. The minimum Gasteiger partial charge on any atom is -0.376 e. The van der Waals surface area contributed by atoms with Crippen LogP contribution in [-0.2, 0) is 24.8 Å². The number of thioether (sulfide) groups is 1. The van der Waals surface area contributed by atoms with Gasteiger partial charge in [0.25, 0.3) is 0 Å². The standard InChI is InChI=1S/C20H24FN5OS/c1-25-13-15(12-22-25)4-3-11-28-20-24-23-19(16-6-8-17(21)9-7-16)26(20)14-18-5-2-10-27-18/h6-9,12-13,18H,2-5,10-11,14H2,1H3. The number of nitrogens with zero attached hydrogens (tertiary/aromatic N) is 5. The summed E-state index contributed by atoms with van der Waals surface area (Å²) in [4.78, 5) is 0. The monoisotopic (exact) mass is 401 g/mol. The summed E-state index contributed by atoms with van der Waals surface area (Å²) in [5.74, 6) is 1.46. The number of hydrogen-bond acceptors (Lipinski definition) is 5. The predicted octanol–water partition coefficient (Wildman–Crippen LogP) is 3.72. The number of hydrogen-bond donors (Lipinski definition) is 0. The zero-order chi connectivity index (χ0) is 19.3. The molecule has 0 saturated carbocycles. The van der Waals surface area contributed by atoms with Crippen molar-refractivity contribution in [1.82, 2.24) is 24.5 Å². The van der Waals surface area contributed by atoms with Crippen molar-refractivity contribution >= 4 is 11.8 Å². The molecule has 3 heterocycles. The number of ether oxygens (including phenoxy) is 1. The Balaban J connectivity index is 1.46. The first kappa shape index (κ1) is 19.1. The first-order chi connectivity index (χ1) is 13.7. The van der Waals surface area contributed by atoms with Crippen LogP contribution in [0.25, 0.3) is 11.4 Å². The van der Waals surface area contributed by atoms with Crippen LogP contribution in [0.2, 0.25) is 0 Å². The molecular formula is C20H24FN5OS. The van der Waals surface area contributed by atoms with Crippen molar-refractivity contribution in [3.63, 3.8) is 0 Å². The molecule has 28 heavy (non-hydrogen) atoms. The highest BCUT2D eigenvalue weighted by Crippen LogP contribution is 2.27. The van der Waals surface area contributed by atoms with E-state index in [1.165, 1.54) is 17.7 Å². The van der Waals surface area contributed by atoms with Crippen molar-refractivity contribution in [3.8, 4) is 11.4 Å². The van der Waals surface area contributed by atoms with E-state index in [1.807, 2.05) is 17.9 Å².